The zero-order chi connectivity index (χ0) is 26.5. The van der Waals surface area contributed by atoms with E-state index in [0.717, 1.165) is 5.56 Å². The molecule has 0 heterocycles. The Morgan fingerprint density at radius 1 is 0.914 bits per heavy atom. The molecule has 0 bridgehead atoms. The van der Waals surface area contributed by atoms with E-state index in [1.165, 1.54) is 11.8 Å². The number of nitrogens with one attached hydrogen (secondary N) is 3. The maximum Gasteiger partial charge on any atom is 0.326 e. The summed E-state index contributed by atoms with van der Waals surface area (Å²) in [6.45, 7) is 3.34. The largest absolute Gasteiger partial charge is 0.481 e. The van der Waals surface area contributed by atoms with Crippen molar-refractivity contribution in [1.29, 1.82) is 0 Å². The Morgan fingerprint density at radius 2 is 1.51 bits per heavy atom. The summed E-state index contributed by atoms with van der Waals surface area (Å²) in [4.78, 5) is 60.9. The van der Waals surface area contributed by atoms with Gasteiger partial charge in [-0.25, -0.2) is 4.79 Å². The highest BCUT2D eigenvalue weighted by atomic mass is 32.2. The molecule has 4 atom stereocenters. The van der Waals surface area contributed by atoms with Crippen LogP contribution in [0.3, 0.4) is 0 Å². The van der Waals surface area contributed by atoms with Gasteiger partial charge in [-0.2, -0.15) is 11.8 Å². The number of rotatable bonds is 15. The van der Waals surface area contributed by atoms with Crippen molar-refractivity contribution in [2.45, 2.75) is 57.3 Å². The number of hydrogen-bond acceptors (Lipinski definition) is 7. The fraction of sp³-hybridized carbons (Fsp3) is 0.522. The van der Waals surface area contributed by atoms with Crippen LogP contribution < -0.4 is 21.7 Å². The van der Waals surface area contributed by atoms with Crippen LogP contribution in [-0.4, -0.2) is 76.0 Å². The molecule has 0 saturated carbocycles. The van der Waals surface area contributed by atoms with Gasteiger partial charge in [-0.05, 0) is 36.3 Å². The average molecular weight is 511 g/mol. The Morgan fingerprint density at radius 3 is 2.03 bits per heavy atom. The van der Waals surface area contributed by atoms with Crippen LogP contribution in [0, 0.1) is 5.92 Å². The van der Waals surface area contributed by atoms with Crippen LogP contribution in [0.5, 0.6) is 0 Å². The third-order valence-electron chi connectivity index (χ3n) is 5.12. The number of carboxylic acids is 2. The van der Waals surface area contributed by atoms with Gasteiger partial charge >= 0.3 is 11.9 Å². The van der Waals surface area contributed by atoms with Crippen molar-refractivity contribution in [3.63, 3.8) is 0 Å². The molecule has 12 heteroatoms. The lowest BCUT2D eigenvalue weighted by Crippen LogP contribution is -2.59. The van der Waals surface area contributed by atoms with E-state index in [2.05, 4.69) is 16.0 Å². The lowest BCUT2D eigenvalue weighted by molar-refractivity contribution is -0.143. The first-order chi connectivity index (χ1) is 16.5. The minimum atomic E-state index is -1.53. The third-order valence-corrected chi connectivity index (χ3v) is 5.76. The quantitative estimate of drug-likeness (QED) is 0.188. The van der Waals surface area contributed by atoms with E-state index in [-0.39, 0.29) is 12.8 Å². The van der Waals surface area contributed by atoms with Crippen LogP contribution in [-0.2, 0) is 30.4 Å². The second-order valence-corrected chi connectivity index (χ2v) is 9.35. The van der Waals surface area contributed by atoms with Gasteiger partial charge in [0.25, 0.3) is 0 Å². The summed E-state index contributed by atoms with van der Waals surface area (Å²) >= 11 is 1.39. The molecule has 194 valence electrons. The van der Waals surface area contributed by atoms with Gasteiger partial charge < -0.3 is 31.9 Å². The Hall–Kier alpha value is -3.12. The molecule has 0 fully saturated rings. The van der Waals surface area contributed by atoms with Crippen LogP contribution in [0.1, 0.15) is 32.3 Å². The number of hydrogen-bond donors (Lipinski definition) is 6. The van der Waals surface area contributed by atoms with Gasteiger partial charge in [-0.1, -0.05) is 44.2 Å². The smallest absolute Gasteiger partial charge is 0.326 e. The van der Waals surface area contributed by atoms with Crippen LogP contribution >= 0.6 is 11.8 Å². The zero-order valence-corrected chi connectivity index (χ0v) is 20.8. The van der Waals surface area contributed by atoms with Crippen molar-refractivity contribution in [3.05, 3.63) is 35.9 Å². The summed E-state index contributed by atoms with van der Waals surface area (Å²) in [5.41, 5.74) is 6.83. The number of carbonyl (C=O) groups excluding carboxylic acids is 3. The Labute approximate surface area is 208 Å². The van der Waals surface area contributed by atoms with Crippen LogP contribution in [0.15, 0.2) is 30.3 Å². The topological polar surface area (TPSA) is 188 Å². The van der Waals surface area contributed by atoms with Crippen LogP contribution in [0.2, 0.25) is 0 Å². The average Bonchev–Trinajstić information content (AvgIpc) is 2.79. The first-order valence-electron chi connectivity index (χ1n) is 11.1. The van der Waals surface area contributed by atoms with E-state index in [0.29, 0.717) is 5.75 Å². The first kappa shape index (κ1) is 29.9. The summed E-state index contributed by atoms with van der Waals surface area (Å²) in [7, 11) is 0. The Kier molecular flexibility index (Phi) is 12.8. The number of nitrogens with two attached hydrogens (primary N) is 1. The monoisotopic (exact) mass is 510 g/mol. The highest BCUT2D eigenvalue weighted by molar-refractivity contribution is 7.98. The van der Waals surface area contributed by atoms with E-state index in [1.807, 2.05) is 30.3 Å². The lowest BCUT2D eigenvalue weighted by atomic mass is 10.0. The van der Waals surface area contributed by atoms with Crippen molar-refractivity contribution in [2.24, 2.45) is 11.7 Å². The number of carbonyl (C=O) groups is 5. The number of amides is 3. The van der Waals surface area contributed by atoms with Crippen molar-refractivity contribution in [1.82, 2.24) is 16.0 Å². The summed E-state index contributed by atoms with van der Waals surface area (Å²) < 4.78 is 0. The van der Waals surface area contributed by atoms with Gasteiger partial charge in [0.05, 0.1) is 12.5 Å². The minimum absolute atomic E-state index is 0.125. The number of aliphatic carboxylic acids is 2. The Bertz CT molecular complexity index is 882. The van der Waals surface area contributed by atoms with Gasteiger partial charge in [0.2, 0.25) is 17.7 Å². The summed E-state index contributed by atoms with van der Waals surface area (Å²) in [6, 6.07) is 4.29. The molecular formula is C23H34N4O7S. The van der Waals surface area contributed by atoms with Gasteiger partial charge in [-0.15, -0.1) is 0 Å². The van der Waals surface area contributed by atoms with Gasteiger partial charge in [0.15, 0.2) is 0 Å². The van der Waals surface area contributed by atoms with E-state index in [4.69, 9.17) is 5.73 Å². The van der Waals surface area contributed by atoms with Gasteiger partial charge in [0.1, 0.15) is 18.1 Å². The van der Waals surface area contributed by atoms with Crippen molar-refractivity contribution in [3.8, 4) is 0 Å². The van der Waals surface area contributed by atoms with Crippen molar-refractivity contribution in [2.75, 3.05) is 12.0 Å². The second kappa shape index (κ2) is 15.0. The SMILES string of the molecule is CSCCC(NC(=O)C(CC(=O)O)NC(=O)C(NC(=O)C(N)Cc1ccccc1)C(C)C)C(=O)O. The maximum atomic E-state index is 12.9. The summed E-state index contributed by atoms with van der Waals surface area (Å²) in [6.07, 6.45) is 1.38. The molecule has 1 aromatic rings. The minimum Gasteiger partial charge on any atom is -0.481 e. The van der Waals surface area contributed by atoms with E-state index < -0.39 is 66.2 Å². The second-order valence-electron chi connectivity index (χ2n) is 8.37. The molecule has 7 N–H and O–H groups in total. The molecule has 0 aliphatic carbocycles. The predicted molar refractivity (Wildman–Crippen MR) is 132 cm³/mol. The highest BCUT2D eigenvalue weighted by Crippen LogP contribution is 2.08. The van der Waals surface area contributed by atoms with Crippen LogP contribution in [0.4, 0.5) is 0 Å². The fourth-order valence-corrected chi connectivity index (χ4v) is 3.64. The third kappa shape index (κ3) is 10.8. The zero-order valence-electron chi connectivity index (χ0n) is 20.0. The maximum absolute atomic E-state index is 12.9. The molecule has 0 aliphatic rings. The normalized spacial score (nSPS) is 14.3. The molecule has 4 unspecified atom stereocenters. The molecule has 0 spiro atoms. The Balaban J connectivity index is 2.91. The van der Waals surface area contributed by atoms with Gasteiger partial charge in [-0.3, -0.25) is 19.2 Å². The molecular weight excluding hydrogens is 476 g/mol. The van der Waals surface area contributed by atoms with E-state index in [1.54, 1.807) is 20.1 Å². The molecule has 1 aromatic carbocycles. The van der Waals surface area contributed by atoms with Crippen molar-refractivity contribution >= 4 is 41.4 Å². The summed E-state index contributed by atoms with van der Waals surface area (Å²) in [5, 5.41) is 25.7. The molecule has 35 heavy (non-hydrogen) atoms. The molecule has 0 aliphatic heterocycles. The molecule has 0 saturated heterocycles. The fourth-order valence-electron chi connectivity index (χ4n) is 3.17. The molecule has 1 rings (SSSR count). The summed E-state index contributed by atoms with van der Waals surface area (Å²) in [5.74, 6) is -4.89. The number of carboxylic acid groups (broad SMARTS) is 2. The van der Waals surface area contributed by atoms with Crippen LogP contribution in [0.25, 0.3) is 0 Å². The lowest BCUT2D eigenvalue weighted by Gasteiger charge is -2.26. The van der Waals surface area contributed by atoms with E-state index >= 15 is 0 Å². The molecule has 0 radical (unpaired) electrons. The van der Waals surface area contributed by atoms with Crippen molar-refractivity contribution < 1.29 is 34.2 Å². The molecule has 0 aromatic heterocycles. The first-order valence-corrected chi connectivity index (χ1v) is 12.5. The number of thioether (sulfide) groups is 1. The number of benzene rings is 1. The molecule has 11 nitrogen and oxygen atoms in total. The van der Waals surface area contributed by atoms with Gasteiger partial charge in [0, 0.05) is 0 Å². The standard InChI is InChI=1S/C23H34N4O7S/c1-13(2)19(27-20(30)15(24)11-14-7-5-4-6-8-14)22(32)26-17(12-18(28)29)21(31)25-16(23(33)34)9-10-35-3/h4-8,13,15-17,19H,9-12,24H2,1-3H3,(H,25,31)(H,26,32)(H,27,30)(H,28,29)(H,33,34). The van der Waals surface area contributed by atoms with E-state index in [9.17, 15) is 34.2 Å². The predicted octanol–water partition coefficient (Wildman–Crippen LogP) is -0.0208. The highest BCUT2D eigenvalue weighted by Gasteiger charge is 2.32. The molecule has 3 amide bonds.